The Labute approximate surface area is 200 Å². The molecule has 0 saturated heterocycles. The van der Waals surface area contributed by atoms with Gasteiger partial charge in [-0.1, -0.05) is 30.0 Å². The number of hydrogen-bond acceptors (Lipinski definition) is 5. The maximum Gasteiger partial charge on any atom is 0.251 e. The monoisotopic (exact) mass is 515 g/mol. The lowest BCUT2D eigenvalue weighted by Gasteiger charge is -2.15. The Morgan fingerprint density at radius 1 is 1.12 bits per heavy atom. The molecule has 0 unspecified atom stereocenters. The maximum absolute atomic E-state index is 12.5. The van der Waals surface area contributed by atoms with Crippen LogP contribution in [0.4, 0.5) is 5.69 Å². The average Bonchev–Trinajstić information content (AvgIpc) is 3.19. The van der Waals surface area contributed by atoms with Gasteiger partial charge in [0.05, 0.1) is 17.5 Å². The van der Waals surface area contributed by atoms with Gasteiger partial charge in [0.15, 0.2) is 11.0 Å². The van der Waals surface area contributed by atoms with Crippen LogP contribution in [-0.2, 0) is 11.3 Å². The molecule has 1 heterocycles. The third kappa shape index (κ3) is 5.77. The van der Waals surface area contributed by atoms with Crippen molar-refractivity contribution < 1.29 is 9.59 Å². The summed E-state index contributed by atoms with van der Waals surface area (Å²) >= 11 is 4.82. The summed E-state index contributed by atoms with van der Waals surface area (Å²) in [5.41, 5.74) is 3.60. The first kappa shape index (κ1) is 24.0. The Kier molecular flexibility index (Phi) is 8.09. The van der Waals surface area contributed by atoms with E-state index in [0.717, 1.165) is 21.3 Å². The molecule has 3 rings (SSSR count). The molecule has 3 aromatic rings. The summed E-state index contributed by atoms with van der Waals surface area (Å²) < 4.78 is 2.76. The van der Waals surface area contributed by atoms with Gasteiger partial charge in [0, 0.05) is 16.6 Å². The fourth-order valence-electron chi connectivity index (χ4n) is 3.15. The number of rotatable bonds is 8. The molecule has 2 N–H and O–H groups in total. The van der Waals surface area contributed by atoms with E-state index in [1.807, 2.05) is 62.6 Å². The Morgan fingerprint density at radius 3 is 2.50 bits per heavy atom. The molecule has 0 fully saturated rings. The third-order valence-corrected chi connectivity index (χ3v) is 6.65. The van der Waals surface area contributed by atoms with Crippen molar-refractivity contribution in [1.82, 2.24) is 20.1 Å². The number of benzene rings is 2. The highest BCUT2D eigenvalue weighted by atomic mass is 79.9. The van der Waals surface area contributed by atoms with E-state index < -0.39 is 0 Å². The maximum atomic E-state index is 12.5. The molecule has 1 aromatic heterocycles. The van der Waals surface area contributed by atoms with Crippen LogP contribution in [-0.4, -0.2) is 32.3 Å². The number of carbonyl (C=O) groups is 2. The highest BCUT2D eigenvalue weighted by molar-refractivity contribution is 9.10. The van der Waals surface area contributed by atoms with Crippen LogP contribution in [0.5, 0.6) is 0 Å². The summed E-state index contributed by atoms with van der Waals surface area (Å²) in [5.74, 6) is 0.548. The van der Waals surface area contributed by atoms with Crippen LogP contribution in [0.3, 0.4) is 0 Å². The number of nitrogens with zero attached hydrogens (tertiary/aromatic N) is 3. The molecule has 168 valence electrons. The molecule has 9 heteroatoms. The van der Waals surface area contributed by atoms with Gasteiger partial charge >= 0.3 is 0 Å². The minimum Gasteiger partial charge on any atom is -0.342 e. The lowest BCUT2D eigenvalue weighted by Crippen LogP contribution is -2.28. The standard InChI is InChI=1S/C23H26BrN5O2S/c1-5-29-21(16(4)25-22(31)17-9-7-6-8-10-17)27-28-23(29)32-13-20(30)26-19-12-15(3)14(2)11-18(19)24/h6-12,16H,5,13H2,1-4H3,(H,25,31)(H,26,30)/t16-/m0/s1. The molecule has 0 aliphatic heterocycles. The fourth-order valence-corrected chi connectivity index (χ4v) is 4.52. The largest absolute Gasteiger partial charge is 0.342 e. The van der Waals surface area contributed by atoms with E-state index in [-0.39, 0.29) is 23.6 Å². The van der Waals surface area contributed by atoms with Crippen LogP contribution in [0.1, 0.15) is 47.2 Å². The van der Waals surface area contributed by atoms with Gasteiger partial charge in [-0.2, -0.15) is 0 Å². The molecule has 2 aromatic carbocycles. The van der Waals surface area contributed by atoms with Crippen LogP contribution in [0.15, 0.2) is 52.1 Å². The van der Waals surface area contributed by atoms with Gasteiger partial charge in [-0.25, -0.2) is 0 Å². The lowest BCUT2D eigenvalue weighted by atomic mass is 10.1. The van der Waals surface area contributed by atoms with Crippen LogP contribution in [0, 0.1) is 13.8 Å². The van der Waals surface area contributed by atoms with Crippen molar-refractivity contribution in [1.29, 1.82) is 0 Å². The predicted molar refractivity (Wildman–Crippen MR) is 131 cm³/mol. The van der Waals surface area contributed by atoms with Crippen LogP contribution in [0.25, 0.3) is 0 Å². The number of aryl methyl sites for hydroxylation is 2. The zero-order valence-electron chi connectivity index (χ0n) is 18.5. The van der Waals surface area contributed by atoms with Crippen LogP contribution < -0.4 is 10.6 Å². The van der Waals surface area contributed by atoms with Gasteiger partial charge < -0.3 is 15.2 Å². The van der Waals surface area contributed by atoms with Crippen molar-refractivity contribution >= 4 is 45.2 Å². The zero-order valence-corrected chi connectivity index (χ0v) is 20.9. The summed E-state index contributed by atoms with van der Waals surface area (Å²) in [4.78, 5) is 25.0. The van der Waals surface area contributed by atoms with Crippen molar-refractivity contribution in [3.63, 3.8) is 0 Å². The predicted octanol–water partition coefficient (Wildman–Crippen LogP) is 4.90. The highest BCUT2D eigenvalue weighted by Crippen LogP contribution is 2.27. The SMILES string of the molecule is CCn1c(SCC(=O)Nc2cc(C)c(C)cc2Br)nnc1[C@H](C)NC(=O)c1ccccc1. The second-order valence-corrected chi connectivity index (χ2v) is 9.20. The van der Waals surface area contributed by atoms with Gasteiger partial charge in [0.1, 0.15) is 0 Å². The Bertz CT molecular complexity index is 1120. The quantitative estimate of drug-likeness (QED) is 0.416. The van der Waals surface area contributed by atoms with E-state index in [2.05, 4.69) is 36.8 Å². The van der Waals surface area contributed by atoms with Gasteiger partial charge in [-0.3, -0.25) is 9.59 Å². The summed E-state index contributed by atoms with van der Waals surface area (Å²) in [6.07, 6.45) is 0. The van der Waals surface area contributed by atoms with Crippen LogP contribution >= 0.6 is 27.7 Å². The van der Waals surface area contributed by atoms with Crippen molar-refractivity contribution in [2.45, 2.75) is 45.4 Å². The first-order chi connectivity index (χ1) is 15.3. The Morgan fingerprint density at radius 2 is 1.81 bits per heavy atom. The van der Waals surface area contributed by atoms with E-state index in [9.17, 15) is 9.59 Å². The summed E-state index contributed by atoms with van der Waals surface area (Å²) in [5, 5.41) is 15.0. The van der Waals surface area contributed by atoms with E-state index >= 15 is 0 Å². The van der Waals surface area contributed by atoms with Crippen LogP contribution in [0.2, 0.25) is 0 Å². The summed E-state index contributed by atoms with van der Waals surface area (Å²) in [7, 11) is 0. The number of amides is 2. The molecule has 0 saturated carbocycles. The Balaban J connectivity index is 1.64. The molecule has 0 spiro atoms. The van der Waals surface area contributed by atoms with Crippen molar-refractivity contribution in [3.8, 4) is 0 Å². The topological polar surface area (TPSA) is 88.9 Å². The lowest BCUT2D eigenvalue weighted by molar-refractivity contribution is -0.113. The normalized spacial score (nSPS) is 11.8. The zero-order chi connectivity index (χ0) is 23.3. The van der Waals surface area contributed by atoms with E-state index in [1.165, 1.54) is 11.8 Å². The van der Waals surface area contributed by atoms with Crippen molar-refractivity contribution in [3.05, 3.63) is 69.5 Å². The minimum atomic E-state index is -0.329. The highest BCUT2D eigenvalue weighted by Gasteiger charge is 2.20. The minimum absolute atomic E-state index is 0.128. The number of anilines is 1. The molecule has 7 nitrogen and oxygen atoms in total. The first-order valence-corrected chi connectivity index (χ1v) is 12.1. The third-order valence-electron chi connectivity index (χ3n) is 5.02. The van der Waals surface area contributed by atoms with Gasteiger partial charge in [0.2, 0.25) is 5.91 Å². The summed E-state index contributed by atoms with van der Waals surface area (Å²) in [6.45, 7) is 8.51. The second-order valence-electron chi connectivity index (χ2n) is 7.40. The number of carbonyl (C=O) groups excluding carboxylic acids is 2. The number of halogens is 1. The molecule has 0 bridgehead atoms. The fraction of sp³-hybridized carbons (Fsp3) is 0.304. The van der Waals surface area contributed by atoms with Gasteiger partial charge in [0.25, 0.3) is 5.91 Å². The number of thioether (sulfide) groups is 1. The van der Waals surface area contributed by atoms with Gasteiger partial charge in [-0.15, -0.1) is 10.2 Å². The molecule has 1 atom stereocenters. The average molecular weight is 516 g/mol. The first-order valence-electron chi connectivity index (χ1n) is 10.3. The smallest absolute Gasteiger partial charge is 0.251 e. The van der Waals surface area contributed by atoms with Crippen molar-refractivity contribution in [2.75, 3.05) is 11.1 Å². The second kappa shape index (κ2) is 10.8. The Hall–Kier alpha value is -2.65. The molecular formula is C23H26BrN5O2S. The molecule has 32 heavy (non-hydrogen) atoms. The van der Waals surface area contributed by atoms with E-state index in [4.69, 9.17) is 0 Å². The molecule has 2 amide bonds. The molecular weight excluding hydrogens is 490 g/mol. The number of aromatic nitrogens is 3. The van der Waals surface area contributed by atoms with E-state index in [0.29, 0.717) is 23.1 Å². The molecule has 0 aliphatic carbocycles. The number of hydrogen-bond donors (Lipinski definition) is 2. The van der Waals surface area contributed by atoms with E-state index in [1.54, 1.807) is 12.1 Å². The number of nitrogens with one attached hydrogen (secondary N) is 2. The van der Waals surface area contributed by atoms with Gasteiger partial charge in [-0.05, 0) is 79.0 Å². The molecule has 0 radical (unpaired) electrons. The summed E-state index contributed by atoms with van der Waals surface area (Å²) in [6, 6.07) is 12.7. The molecule has 0 aliphatic rings. The van der Waals surface area contributed by atoms with Crippen molar-refractivity contribution in [2.24, 2.45) is 0 Å².